The third-order valence-corrected chi connectivity index (χ3v) is 3.01. The second-order valence-electron chi connectivity index (χ2n) is 3.81. The summed E-state index contributed by atoms with van der Waals surface area (Å²) in [4.78, 5) is 0. The van der Waals surface area contributed by atoms with Gasteiger partial charge >= 0.3 is 0 Å². The highest BCUT2D eigenvalue weighted by molar-refractivity contribution is 5.39. The van der Waals surface area contributed by atoms with Crippen molar-refractivity contribution in [2.45, 2.75) is 18.4 Å². The van der Waals surface area contributed by atoms with E-state index in [2.05, 4.69) is 5.32 Å². The van der Waals surface area contributed by atoms with Crippen LogP contribution in [0.25, 0.3) is 0 Å². The van der Waals surface area contributed by atoms with Crippen molar-refractivity contribution in [1.29, 1.82) is 0 Å². The van der Waals surface area contributed by atoms with Crippen LogP contribution in [-0.4, -0.2) is 18.2 Å². The first kappa shape index (κ1) is 9.49. The van der Waals surface area contributed by atoms with E-state index in [1.807, 2.05) is 18.2 Å². The van der Waals surface area contributed by atoms with Gasteiger partial charge in [0.25, 0.3) is 0 Å². The summed E-state index contributed by atoms with van der Waals surface area (Å²) in [6.45, 7) is 1.65. The molecule has 0 spiro atoms. The van der Waals surface area contributed by atoms with E-state index in [-0.39, 0.29) is 5.54 Å². The van der Waals surface area contributed by atoms with Gasteiger partial charge in [-0.1, -0.05) is 18.2 Å². The summed E-state index contributed by atoms with van der Waals surface area (Å²) in [5, 5.41) is 13.1. The average Bonchev–Trinajstić information content (AvgIpc) is 2.13. The summed E-state index contributed by atoms with van der Waals surface area (Å²) in [6, 6.07) is 7.49. The largest absolute Gasteiger partial charge is 0.508 e. The van der Waals surface area contributed by atoms with E-state index in [1.54, 1.807) is 6.07 Å². The lowest BCUT2D eigenvalue weighted by Gasteiger charge is -2.44. The Kier molecular flexibility index (Phi) is 2.44. The normalized spacial score (nSPS) is 25.8. The van der Waals surface area contributed by atoms with Crippen molar-refractivity contribution >= 4 is 0 Å². The first-order valence-electron chi connectivity index (χ1n) is 5.02. The van der Waals surface area contributed by atoms with Crippen molar-refractivity contribution in [2.24, 2.45) is 5.73 Å². The van der Waals surface area contributed by atoms with Crippen molar-refractivity contribution in [2.75, 3.05) is 13.1 Å². The molecule has 0 aliphatic carbocycles. The van der Waals surface area contributed by atoms with Crippen LogP contribution in [0.15, 0.2) is 24.3 Å². The van der Waals surface area contributed by atoms with Gasteiger partial charge in [-0.3, -0.25) is 0 Å². The molecule has 1 unspecified atom stereocenters. The molecule has 0 aromatic heterocycles. The minimum absolute atomic E-state index is 0.0694. The third kappa shape index (κ3) is 1.38. The monoisotopic (exact) mass is 192 g/mol. The number of phenolic OH excluding ortho intramolecular Hbond substituents is 1. The zero-order valence-electron chi connectivity index (χ0n) is 8.16. The number of phenols is 1. The Morgan fingerprint density at radius 2 is 2.14 bits per heavy atom. The summed E-state index contributed by atoms with van der Waals surface area (Å²) in [5.41, 5.74) is 6.50. The van der Waals surface area contributed by atoms with E-state index < -0.39 is 0 Å². The number of rotatable bonds is 3. The summed E-state index contributed by atoms with van der Waals surface area (Å²) >= 11 is 0. The van der Waals surface area contributed by atoms with Gasteiger partial charge in [0, 0.05) is 11.1 Å². The molecular weight excluding hydrogens is 176 g/mol. The second kappa shape index (κ2) is 3.59. The molecule has 2 rings (SSSR count). The maximum atomic E-state index is 9.76. The molecular formula is C11H16N2O. The standard InChI is InChI=1S/C11H16N2O/c12-7-5-11(6-8-13-11)9-3-1-2-4-10(9)14/h1-4,13-14H,5-8,12H2. The van der Waals surface area contributed by atoms with Gasteiger partial charge in [-0.25, -0.2) is 0 Å². The highest BCUT2D eigenvalue weighted by Crippen LogP contribution is 2.38. The van der Waals surface area contributed by atoms with Crippen molar-refractivity contribution in [3.05, 3.63) is 29.8 Å². The molecule has 0 radical (unpaired) electrons. The van der Waals surface area contributed by atoms with Crippen LogP contribution in [0.1, 0.15) is 18.4 Å². The van der Waals surface area contributed by atoms with E-state index in [1.165, 1.54) is 0 Å². The number of hydrogen-bond acceptors (Lipinski definition) is 3. The molecule has 14 heavy (non-hydrogen) atoms. The van der Waals surface area contributed by atoms with Crippen LogP contribution in [0.5, 0.6) is 5.75 Å². The lowest BCUT2D eigenvalue weighted by Crippen LogP contribution is -2.55. The lowest BCUT2D eigenvalue weighted by molar-refractivity contribution is 0.191. The van der Waals surface area contributed by atoms with Crippen LogP contribution in [0.4, 0.5) is 0 Å². The number of benzene rings is 1. The smallest absolute Gasteiger partial charge is 0.120 e. The van der Waals surface area contributed by atoms with Gasteiger partial charge in [-0.05, 0) is 32.0 Å². The Morgan fingerprint density at radius 3 is 2.64 bits per heavy atom. The maximum absolute atomic E-state index is 9.76. The molecule has 1 fully saturated rings. The van der Waals surface area contributed by atoms with Crippen molar-refractivity contribution in [3.8, 4) is 5.75 Å². The molecule has 4 N–H and O–H groups in total. The Balaban J connectivity index is 2.32. The van der Waals surface area contributed by atoms with E-state index in [9.17, 15) is 5.11 Å². The first-order chi connectivity index (χ1) is 6.78. The molecule has 76 valence electrons. The van der Waals surface area contributed by atoms with E-state index in [0.29, 0.717) is 12.3 Å². The summed E-state index contributed by atoms with van der Waals surface area (Å²) in [5.74, 6) is 0.369. The zero-order valence-corrected chi connectivity index (χ0v) is 8.16. The van der Waals surface area contributed by atoms with E-state index >= 15 is 0 Å². The number of nitrogens with two attached hydrogens (primary N) is 1. The number of nitrogens with one attached hydrogen (secondary N) is 1. The van der Waals surface area contributed by atoms with Crippen LogP contribution in [0.3, 0.4) is 0 Å². The second-order valence-corrected chi connectivity index (χ2v) is 3.81. The number of para-hydroxylation sites is 1. The first-order valence-corrected chi connectivity index (χ1v) is 5.02. The van der Waals surface area contributed by atoms with Crippen LogP contribution in [0, 0.1) is 0 Å². The highest BCUT2D eigenvalue weighted by atomic mass is 16.3. The van der Waals surface area contributed by atoms with Gasteiger partial charge in [0.15, 0.2) is 0 Å². The van der Waals surface area contributed by atoms with E-state index in [0.717, 1.165) is 24.9 Å². The molecule has 1 atom stereocenters. The molecule has 3 heteroatoms. The fourth-order valence-corrected chi connectivity index (χ4v) is 2.13. The minimum Gasteiger partial charge on any atom is -0.508 e. The van der Waals surface area contributed by atoms with Crippen LogP contribution in [-0.2, 0) is 5.54 Å². The van der Waals surface area contributed by atoms with Crippen LogP contribution < -0.4 is 11.1 Å². The number of aromatic hydroxyl groups is 1. The molecule has 1 aromatic carbocycles. The lowest BCUT2D eigenvalue weighted by atomic mass is 9.78. The molecule has 1 heterocycles. The summed E-state index contributed by atoms with van der Waals surface area (Å²) < 4.78 is 0. The summed E-state index contributed by atoms with van der Waals surface area (Å²) in [7, 11) is 0. The maximum Gasteiger partial charge on any atom is 0.120 e. The quantitative estimate of drug-likeness (QED) is 0.667. The Hall–Kier alpha value is -1.06. The van der Waals surface area contributed by atoms with Gasteiger partial charge in [-0.15, -0.1) is 0 Å². The predicted octanol–water partition coefficient (Wildman–Crippen LogP) is 0.930. The fraction of sp³-hybridized carbons (Fsp3) is 0.455. The Bertz CT molecular complexity index is 321. The number of hydrogen-bond donors (Lipinski definition) is 3. The van der Waals surface area contributed by atoms with E-state index in [4.69, 9.17) is 5.73 Å². The molecule has 1 aromatic rings. The van der Waals surface area contributed by atoms with Gasteiger partial charge < -0.3 is 16.2 Å². The Labute approximate surface area is 83.9 Å². The molecule has 3 nitrogen and oxygen atoms in total. The SMILES string of the molecule is NCCC1(c2ccccc2O)CCN1. The molecule has 0 bridgehead atoms. The molecule has 1 saturated heterocycles. The Morgan fingerprint density at radius 1 is 1.43 bits per heavy atom. The highest BCUT2D eigenvalue weighted by Gasteiger charge is 2.38. The van der Waals surface area contributed by atoms with Crippen molar-refractivity contribution in [1.82, 2.24) is 5.32 Å². The minimum atomic E-state index is -0.0694. The fourth-order valence-electron chi connectivity index (χ4n) is 2.13. The topological polar surface area (TPSA) is 58.3 Å². The summed E-state index contributed by atoms with van der Waals surface area (Å²) in [6.07, 6.45) is 1.94. The van der Waals surface area contributed by atoms with Gasteiger partial charge in [-0.2, -0.15) is 0 Å². The molecule has 0 amide bonds. The van der Waals surface area contributed by atoms with Crippen molar-refractivity contribution < 1.29 is 5.11 Å². The average molecular weight is 192 g/mol. The van der Waals surface area contributed by atoms with Gasteiger partial charge in [0.2, 0.25) is 0 Å². The molecule has 0 saturated carbocycles. The zero-order chi connectivity index (χ0) is 10.0. The van der Waals surface area contributed by atoms with Gasteiger partial charge in [0.05, 0.1) is 0 Å². The van der Waals surface area contributed by atoms with Crippen LogP contribution >= 0.6 is 0 Å². The van der Waals surface area contributed by atoms with Gasteiger partial charge in [0.1, 0.15) is 5.75 Å². The van der Waals surface area contributed by atoms with Crippen LogP contribution in [0.2, 0.25) is 0 Å². The third-order valence-electron chi connectivity index (χ3n) is 3.01. The predicted molar refractivity (Wildman–Crippen MR) is 56.1 cm³/mol. The molecule has 1 aliphatic rings. The molecule has 1 aliphatic heterocycles. The van der Waals surface area contributed by atoms with Crippen molar-refractivity contribution in [3.63, 3.8) is 0 Å².